The summed E-state index contributed by atoms with van der Waals surface area (Å²) in [7, 11) is 0. The predicted molar refractivity (Wildman–Crippen MR) is 52.6 cm³/mol. The van der Waals surface area contributed by atoms with Gasteiger partial charge in [0, 0.05) is 5.69 Å². The Morgan fingerprint density at radius 2 is 2.23 bits per heavy atom. The molecule has 1 aliphatic heterocycles. The van der Waals surface area contributed by atoms with Gasteiger partial charge >= 0.3 is 0 Å². The van der Waals surface area contributed by atoms with E-state index in [1.165, 1.54) is 37.3 Å². The van der Waals surface area contributed by atoms with Crippen molar-refractivity contribution in [1.82, 2.24) is 15.5 Å². The van der Waals surface area contributed by atoms with Crippen LogP contribution in [0.2, 0.25) is 0 Å². The number of aromatic amines is 1. The third-order valence-electron chi connectivity index (χ3n) is 2.72. The second kappa shape index (κ2) is 3.92. The summed E-state index contributed by atoms with van der Waals surface area (Å²) in [4.78, 5) is 0. The average Bonchev–Trinajstić information content (AvgIpc) is 2.53. The van der Waals surface area contributed by atoms with Crippen molar-refractivity contribution in [1.29, 1.82) is 0 Å². The molecule has 3 nitrogen and oxygen atoms in total. The summed E-state index contributed by atoms with van der Waals surface area (Å²) >= 11 is 0. The first kappa shape index (κ1) is 8.75. The molecule has 0 aromatic carbocycles. The van der Waals surface area contributed by atoms with Crippen LogP contribution >= 0.6 is 0 Å². The van der Waals surface area contributed by atoms with E-state index in [0.29, 0.717) is 0 Å². The fourth-order valence-corrected chi connectivity index (χ4v) is 1.96. The molecule has 2 N–H and O–H groups in total. The van der Waals surface area contributed by atoms with Crippen molar-refractivity contribution in [2.75, 3.05) is 13.1 Å². The van der Waals surface area contributed by atoms with Crippen molar-refractivity contribution in [3.8, 4) is 0 Å². The zero-order valence-corrected chi connectivity index (χ0v) is 8.14. The summed E-state index contributed by atoms with van der Waals surface area (Å²) in [5, 5.41) is 10.6. The minimum Gasteiger partial charge on any atom is -0.317 e. The highest BCUT2D eigenvalue weighted by Crippen LogP contribution is 2.16. The molecule has 1 fully saturated rings. The lowest BCUT2D eigenvalue weighted by atomic mass is 9.93. The molecular weight excluding hydrogens is 162 g/mol. The summed E-state index contributed by atoms with van der Waals surface area (Å²) in [5.41, 5.74) is 2.40. The molecule has 2 heterocycles. The van der Waals surface area contributed by atoms with E-state index in [9.17, 15) is 0 Å². The molecule has 0 bridgehead atoms. The van der Waals surface area contributed by atoms with Crippen LogP contribution in [0.1, 0.15) is 24.2 Å². The molecule has 0 unspecified atom stereocenters. The van der Waals surface area contributed by atoms with Crippen LogP contribution in [-0.2, 0) is 6.42 Å². The van der Waals surface area contributed by atoms with Gasteiger partial charge in [0.25, 0.3) is 0 Å². The van der Waals surface area contributed by atoms with Gasteiger partial charge in [-0.3, -0.25) is 5.10 Å². The molecule has 0 saturated carbocycles. The molecule has 0 aliphatic carbocycles. The van der Waals surface area contributed by atoms with Crippen molar-refractivity contribution in [3.63, 3.8) is 0 Å². The van der Waals surface area contributed by atoms with E-state index < -0.39 is 0 Å². The summed E-state index contributed by atoms with van der Waals surface area (Å²) < 4.78 is 0. The number of aryl methyl sites for hydroxylation is 1. The highest BCUT2D eigenvalue weighted by Gasteiger charge is 2.14. The van der Waals surface area contributed by atoms with Gasteiger partial charge in [-0.15, -0.1) is 0 Å². The van der Waals surface area contributed by atoms with E-state index in [4.69, 9.17) is 0 Å². The van der Waals surface area contributed by atoms with Crippen molar-refractivity contribution >= 4 is 0 Å². The minimum absolute atomic E-state index is 0.837. The molecular formula is C10H17N3. The van der Waals surface area contributed by atoms with Crippen molar-refractivity contribution < 1.29 is 0 Å². The highest BCUT2D eigenvalue weighted by molar-refractivity contribution is 5.07. The highest BCUT2D eigenvalue weighted by atomic mass is 15.1. The Balaban J connectivity index is 1.89. The van der Waals surface area contributed by atoms with Gasteiger partial charge in [-0.25, -0.2) is 0 Å². The molecule has 13 heavy (non-hydrogen) atoms. The first-order valence-electron chi connectivity index (χ1n) is 5.06. The standard InChI is InChI=1S/C10H17N3/c1-8-6-10(13-12-8)7-9-2-4-11-5-3-9/h6,9,11H,2-5,7H2,1H3,(H,12,13). The third-order valence-corrected chi connectivity index (χ3v) is 2.72. The molecule has 1 aliphatic rings. The lowest BCUT2D eigenvalue weighted by molar-refractivity contribution is 0.370. The number of H-pyrrole nitrogens is 1. The molecule has 3 heteroatoms. The quantitative estimate of drug-likeness (QED) is 0.717. The maximum Gasteiger partial charge on any atom is 0.0627 e. The summed E-state index contributed by atoms with van der Waals surface area (Å²) in [6.07, 6.45) is 3.74. The maximum absolute atomic E-state index is 4.26. The van der Waals surface area contributed by atoms with Gasteiger partial charge in [-0.2, -0.15) is 5.10 Å². The van der Waals surface area contributed by atoms with E-state index in [0.717, 1.165) is 12.3 Å². The SMILES string of the molecule is Cc1cc(CC2CCNCC2)n[nH]1. The molecule has 1 aromatic rings. The van der Waals surface area contributed by atoms with Gasteiger partial charge in [-0.1, -0.05) is 0 Å². The van der Waals surface area contributed by atoms with Crippen LogP contribution in [0.3, 0.4) is 0 Å². The molecule has 0 atom stereocenters. The zero-order chi connectivity index (χ0) is 9.10. The number of piperidine rings is 1. The van der Waals surface area contributed by atoms with Crippen molar-refractivity contribution in [3.05, 3.63) is 17.5 Å². The molecule has 0 radical (unpaired) electrons. The minimum atomic E-state index is 0.837. The van der Waals surface area contributed by atoms with Gasteiger partial charge in [-0.05, 0) is 51.3 Å². The third kappa shape index (κ3) is 2.31. The van der Waals surface area contributed by atoms with Crippen molar-refractivity contribution in [2.24, 2.45) is 5.92 Å². The van der Waals surface area contributed by atoms with Crippen LogP contribution in [0.4, 0.5) is 0 Å². The van der Waals surface area contributed by atoms with E-state index in [2.05, 4.69) is 28.5 Å². The van der Waals surface area contributed by atoms with E-state index >= 15 is 0 Å². The van der Waals surface area contributed by atoms with Crippen LogP contribution in [0, 0.1) is 12.8 Å². The summed E-state index contributed by atoms with van der Waals surface area (Å²) in [5.74, 6) is 0.837. The number of nitrogens with zero attached hydrogens (tertiary/aromatic N) is 1. The second-order valence-electron chi connectivity index (χ2n) is 3.94. The molecule has 0 amide bonds. The average molecular weight is 179 g/mol. The van der Waals surface area contributed by atoms with Gasteiger partial charge in [0.15, 0.2) is 0 Å². The Morgan fingerprint density at radius 1 is 1.46 bits per heavy atom. The molecule has 2 rings (SSSR count). The molecule has 0 spiro atoms. The van der Waals surface area contributed by atoms with Gasteiger partial charge in [0.2, 0.25) is 0 Å². The molecule has 1 saturated heterocycles. The van der Waals surface area contributed by atoms with Crippen molar-refractivity contribution in [2.45, 2.75) is 26.2 Å². The lowest BCUT2D eigenvalue weighted by Gasteiger charge is -2.21. The van der Waals surface area contributed by atoms with Crippen LogP contribution < -0.4 is 5.32 Å². The largest absolute Gasteiger partial charge is 0.317 e. The Kier molecular flexibility index (Phi) is 2.64. The van der Waals surface area contributed by atoms with Crippen LogP contribution in [0.15, 0.2) is 6.07 Å². The fourth-order valence-electron chi connectivity index (χ4n) is 1.96. The number of rotatable bonds is 2. The second-order valence-corrected chi connectivity index (χ2v) is 3.94. The first-order valence-corrected chi connectivity index (χ1v) is 5.06. The summed E-state index contributed by atoms with van der Waals surface area (Å²) in [6.45, 7) is 4.40. The van der Waals surface area contributed by atoms with Gasteiger partial charge in [0.05, 0.1) is 5.69 Å². The molecule has 72 valence electrons. The number of nitrogens with one attached hydrogen (secondary N) is 2. The normalized spacial score (nSPS) is 19.2. The Morgan fingerprint density at radius 3 is 2.85 bits per heavy atom. The lowest BCUT2D eigenvalue weighted by Crippen LogP contribution is -2.28. The van der Waals surface area contributed by atoms with Gasteiger partial charge < -0.3 is 5.32 Å². The van der Waals surface area contributed by atoms with Crippen LogP contribution in [0.5, 0.6) is 0 Å². The fraction of sp³-hybridized carbons (Fsp3) is 0.700. The topological polar surface area (TPSA) is 40.7 Å². The Bertz CT molecular complexity index is 261. The maximum atomic E-state index is 4.26. The number of hydrogen-bond acceptors (Lipinski definition) is 2. The predicted octanol–water partition coefficient (Wildman–Crippen LogP) is 1.26. The van der Waals surface area contributed by atoms with E-state index in [-0.39, 0.29) is 0 Å². The Labute approximate surface area is 78.9 Å². The number of hydrogen-bond donors (Lipinski definition) is 2. The van der Waals surface area contributed by atoms with E-state index in [1.54, 1.807) is 0 Å². The smallest absolute Gasteiger partial charge is 0.0627 e. The van der Waals surface area contributed by atoms with Gasteiger partial charge in [0.1, 0.15) is 0 Å². The monoisotopic (exact) mass is 179 g/mol. The van der Waals surface area contributed by atoms with Crippen LogP contribution in [0.25, 0.3) is 0 Å². The Hall–Kier alpha value is -0.830. The zero-order valence-electron chi connectivity index (χ0n) is 8.14. The summed E-state index contributed by atoms with van der Waals surface area (Å²) in [6, 6.07) is 2.15. The number of aromatic nitrogens is 2. The first-order chi connectivity index (χ1) is 6.34. The van der Waals surface area contributed by atoms with Crippen LogP contribution in [-0.4, -0.2) is 23.3 Å². The van der Waals surface area contributed by atoms with E-state index in [1.807, 2.05) is 0 Å². The molecule has 1 aromatic heterocycles.